The Morgan fingerprint density at radius 3 is 2.29 bits per heavy atom. The first-order chi connectivity index (χ1) is 15.8. The van der Waals surface area contributed by atoms with Crippen LogP contribution in [0, 0.1) is 50.7 Å². The number of allylic oxidation sites excluding steroid dienone is 1. The van der Waals surface area contributed by atoms with Crippen LogP contribution in [0.25, 0.3) is 0 Å². The van der Waals surface area contributed by atoms with Crippen molar-refractivity contribution >= 4 is 17.5 Å². The predicted octanol–water partition coefficient (Wildman–Crippen LogP) is 6.62. The monoisotopic (exact) mass is 468 g/mol. The number of hydrogen-bond donors (Lipinski definition) is 1. The molecule has 1 N–H and O–H groups in total. The molecule has 0 aromatic heterocycles. The van der Waals surface area contributed by atoms with Crippen LogP contribution in [0.15, 0.2) is 11.6 Å². The Labute approximate surface area is 205 Å². The minimum atomic E-state index is -1.01. The highest BCUT2D eigenvalue weighted by Gasteiger charge is 2.82. The standard InChI is InChI=1S/C30H44O4/c1-18(15-20(31)16-19(2)25(33)34)21-9-11-28(6)23-8-7-22-26(3,4)24(32)10-12-29(22)17-30(23,29)14-13-27(21,28)5/h16,18,21-23H,7-15,17H2,1-6H3,(H,33,34)/b19-16+/t18-,21-,22+,23+,27-,28+,29-,30-/m1/s1. The van der Waals surface area contributed by atoms with E-state index in [4.69, 9.17) is 5.11 Å². The average Bonchev–Trinajstić information content (AvgIpc) is 3.33. The Bertz CT molecular complexity index is 976. The van der Waals surface area contributed by atoms with E-state index in [9.17, 15) is 14.4 Å². The number of ketones is 2. The Kier molecular flexibility index (Phi) is 5.20. The Balaban J connectivity index is 1.39. The van der Waals surface area contributed by atoms with Gasteiger partial charge in [-0.05, 0) is 110 Å². The lowest BCUT2D eigenvalue weighted by molar-refractivity contribution is -0.157. The van der Waals surface area contributed by atoms with Crippen LogP contribution in [0.5, 0.6) is 0 Å². The van der Waals surface area contributed by atoms with Gasteiger partial charge in [-0.2, -0.15) is 0 Å². The molecule has 0 aromatic carbocycles. The van der Waals surface area contributed by atoms with Gasteiger partial charge in [-0.1, -0.05) is 34.6 Å². The van der Waals surface area contributed by atoms with Gasteiger partial charge < -0.3 is 5.11 Å². The summed E-state index contributed by atoms with van der Waals surface area (Å²) in [5, 5.41) is 9.13. The molecule has 0 unspecified atom stereocenters. The van der Waals surface area contributed by atoms with Crippen LogP contribution in [0.4, 0.5) is 0 Å². The van der Waals surface area contributed by atoms with E-state index in [1.54, 1.807) is 0 Å². The SMILES string of the molecule is C/C(=C\C(=O)C[C@@H](C)[C@H]1CC[C@@]2(C)[C@@H]3CC[C@H]4C(C)(C)C(=O)CC[C@@]45C[C@]35CC[C@]12C)C(=O)O. The molecule has 0 aromatic rings. The second-order valence-corrected chi connectivity index (χ2v) is 14.1. The molecule has 5 rings (SSSR count). The fourth-order valence-corrected chi connectivity index (χ4v) is 10.9. The molecule has 4 nitrogen and oxygen atoms in total. The molecular weight excluding hydrogens is 424 g/mol. The van der Waals surface area contributed by atoms with Gasteiger partial charge in [-0.3, -0.25) is 9.59 Å². The summed E-state index contributed by atoms with van der Waals surface area (Å²) in [6.45, 7) is 13.3. The molecule has 0 bridgehead atoms. The van der Waals surface area contributed by atoms with E-state index in [0.717, 1.165) is 18.8 Å². The van der Waals surface area contributed by atoms with Gasteiger partial charge in [0.15, 0.2) is 5.78 Å². The zero-order valence-electron chi connectivity index (χ0n) is 22.1. The molecule has 2 spiro atoms. The third-order valence-electron chi connectivity index (χ3n) is 12.8. The summed E-state index contributed by atoms with van der Waals surface area (Å²) in [7, 11) is 0. The lowest BCUT2D eigenvalue weighted by atomic mass is 9.42. The van der Waals surface area contributed by atoms with E-state index in [1.165, 1.54) is 57.9 Å². The number of rotatable bonds is 5. The van der Waals surface area contributed by atoms with E-state index in [0.29, 0.717) is 40.3 Å². The van der Waals surface area contributed by atoms with Crippen LogP contribution in [0.2, 0.25) is 0 Å². The van der Waals surface area contributed by atoms with E-state index in [1.807, 2.05) is 0 Å². The molecule has 34 heavy (non-hydrogen) atoms. The van der Waals surface area contributed by atoms with Crippen LogP contribution in [0.3, 0.4) is 0 Å². The zero-order valence-corrected chi connectivity index (χ0v) is 22.1. The first-order valence-electron chi connectivity index (χ1n) is 13.7. The molecule has 5 aliphatic carbocycles. The van der Waals surface area contributed by atoms with Gasteiger partial charge >= 0.3 is 5.97 Å². The van der Waals surface area contributed by atoms with Gasteiger partial charge in [0.2, 0.25) is 0 Å². The summed E-state index contributed by atoms with van der Waals surface area (Å²) >= 11 is 0. The van der Waals surface area contributed by atoms with Crippen molar-refractivity contribution in [3.63, 3.8) is 0 Å². The summed E-state index contributed by atoms with van der Waals surface area (Å²) in [5.41, 5.74) is 1.32. The maximum atomic E-state index is 12.8. The fraction of sp³-hybridized carbons (Fsp3) is 0.833. The number of carbonyl (C=O) groups excluding carboxylic acids is 2. The van der Waals surface area contributed by atoms with Crippen molar-refractivity contribution in [2.75, 3.05) is 0 Å². The number of carbonyl (C=O) groups is 3. The normalized spacial score (nSPS) is 47.6. The molecule has 4 heteroatoms. The number of aliphatic carboxylic acids is 1. The van der Waals surface area contributed by atoms with Crippen molar-refractivity contribution in [1.82, 2.24) is 0 Å². The number of Topliss-reactive ketones (excluding diaryl/α,β-unsaturated/α-hetero) is 1. The molecule has 5 aliphatic rings. The van der Waals surface area contributed by atoms with Gasteiger partial charge in [-0.15, -0.1) is 0 Å². The molecular formula is C30H44O4. The van der Waals surface area contributed by atoms with Crippen molar-refractivity contribution in [2.24, 2.45) is 50.7 Å². The quantitative estimate of drug-likeness (QED) is 0.460. The third kappa shape index (κ3) is 2.86. The molecule has 0 saturated heterocycles. The number of fused-ring (bicyclic) bond motifs is 2. The number of carboxylic acids is 1. The van der Waals surface area contributed by atoms with Gasteiger partial charge in [0, 0.05) is 23.8 Å². The molecule has 0 aliphatic heterocycles. The fourth-order valence-electron chi connectivity index (χ4n) is 10.9. The Morgan fingerprint density at radius 2 is 1.62 bits per heavy atom. The van der Waals surface area contributed by atoms with E-state index in [-0.39, 0.29) is 28.1 Å². The topological polar surface area (TPSA) is 71.4 Å². The van der Waals surface area contributed by atoms with Gasteiger partial charge in [0.25, 0.3) is 0 Å². The van der Waals surface area contributed by atoms with Crippen molar-refractivity contribution < 1.29 is 19.5 Å². The summed E-state index contributed by atoms with van der Waals surface area (Å²) in [6, 6.07) is 0. The second-order valence-electron chi connectivity index (χ2n) is 14.1. The summed E-state index contributed by atoms with van der Waals surface area (Å²) in [6.07, 6.45) is 12.4. The minimum absolute atomic E-state index is 0.0485. The highest BCUT2D eigenvalue weighted by atomic mass is 16.4. The number of carboxylic acid groups (broad SMARTS) is 1. The average molecular weight is 469 g/mol. The highest BCUT2D eigenvalue weighted by Crippen LogP contribution is 2.88. The highest BCUT2D eigenvalue weighted by molar-refractivity contribution is 5.98. The molecule has 5 saturated carbocycles. The van der Waals surface area contributed by atoms with Crippen molar-refractivity contribution in [2.45, 2.75) is 106 Å². The Hall–Kier alpha value is -1.45. The van der Waals surface area contributed by atoms with Gasteiger partial charge in [-0.25, -0.2) is 4.79 Å². The first kappa shape index (κ1) is 24.3. The van der Waals surface area contributed by atoms with Gasteiger partial charge in [0.1, 0.15) is 5.78 Å². The van der Waals surface area contributed by atoms with Crippen LogP contribution < -0.4 is 0 Å². The molecule has 0 heterocycles. The third-order valence-corrected chi connectivity index (χ3v) is 12.8. The molecule has 188 valence electrons. The maximum absolute atomic E-state index is 12.8. The molecule has 8 atom stereocenters. The van der Waals surface area contributed by atoms with Crippen molar-refractivity contribution in [1.29, 1.82) is 0 Å². The van der Waals surface area contributed by atoms with Gasteiger partial charge in [0.05, 0.1) is 0 Å². The first-order valence-corrected chi connectivity index (χ1v) is 13.7. The number of hydrogen-bond acceptors (Lipinski definition) is 3. The molecule has 5 fully saturated rings. The van der Waals surface area contributed by atoms with Crippen LogP contribution in [0.1, 0.15) is 106 Å². The van der Waals surface area contributed by atoms with Crippen LogP contribution in [-0.4, -0.2) is 22.6 Å². The predicted molar refractivity (Wildman–Crippen MR) is 132 cm³/mol. The molecule has 0 radical (unpaired) electrons. The summed E-state index contributed by atoms with van der Waals surface area (Å²) < 4.78 is 0. The van der Waals surface area contributed by atoms with E-state index < -0.39 is 5.97 Å². The van der Waals surface area contributed by atoms with Crippen LogP contribution in [-0.2, 0) is 14.4 Å². The smallest absolute Gasteiger partial charge is 0.331 e. The largest absolute Gasteiger partial charge is 0.478 e. The van der Waals surface area contributed by atoms with Crippen molar-refractivity contribution in [3.05, 3.63) is 11.6 Å². The minimum Gasteiger partial charge on any atom is -0.478 e. The summed E-state index contributed by atoms with van der Waals surface area (Å²) in [5.74, 6) is 1.50. The van der Waals surface area contributed by atoms with Crippen molar-refractivity contribution in [3.8, 4) is 0 Å². The molecule has 0 amide bonds. The zero-order chi connectivity index (χ0) is 24.9. The second kappa shape index (κ2) is 7.29. The lowest BCUT2D eigenvalue weighted by Crippen LogP contribution is -2.57. The van der Waals surface area contributed by atoms with Crippen LogP contribution >= 0.6 is 0 Å². The van der Waals surface area contributed by atoms with E-state index >= 15 is 0 Å². The maximum Gasteiger partial charge on any atom is 0.331 e. The Morgan fingerprint density at radius 1 is 0.971 bits per heavy atom. The van der Waals surface area contributed by atoms with E-state index in [2.05, 4.69) is 34.6 Å². The lowest BCUT2D eigenvalue weighted by Gasteiger charge is -2.62. The summed E-state index contributed by atoms with van der Waals surface area (Å²) in [4.78, 5) is 36.6.